The van der Waals surface area contributed by atoms with E-state index in [4.69, 9.17) is 0 Å². The molecule has 0 spiro atoms. The minimum atomic E-state index is -0.0747. The lowest BCUT2D eigenvalue weighted by molar-refractivity contribution is -0.127. The molecule has 2 saturated heterocycles. The first-order valence-electron chi connectivity index (χ1n) is 9.31. The van der Waals surface area contributed by atoms with Gasteiger partial charge in [0.2, 0.25) is 5.91 Å². The Morgan fingerprint density at radius 2 is 1.92 bits per heavy atom. The van der Waals surface area contributed by atoms with E-state index in [1.165, 1.54) is 25.7 Å². The van der Waals surface area contributed by atoms with E-state index in [0.717, 1.165) is 24.5 Å². The van der Waals surface area contributed by atoms with Gasteiger partial charge in [-0.25, -0.2) is 4.98 Å². The third kappa shape index (κ3) is 3.72. The Labute approximate surface area is 145 Å². The molecule has 1 aromatic heterocycles. The summed E-state index contributed by atoms with van der Waals surface area (Å²) in [7, 11) is 0. The molecule has 0 aromatic carbocycles. The molecule has 3 atom stereocenters. The Bertz CT molecular complexity index is 543. The molecule has 3 unspecified atom stereocenters. The average Bonchev–Trinajstić information content (AvgIpc) is 3.23. The lowest BCUT2D eigenvalue weighted by Gasteiger charge is -2.31. The van der Waals surface area contributed by atoms with Crippen LogP contribution in [0, 0.1) is 0 Å². The van der Waals surface area contributed by atoms with Crippen LogP contribution in [0.4, 0.5) is 5.82 Å². The lowest BCUT2D eigenvalue weighted by atomic mass is 10.2. The molecular weight excluding hydrogens is 300 g/mol. The van der Waals surface area contributed by atoms with Gasteiger partial charge in [-0.1, -0.05) is 6.07 Å². The van der Waals surface area contributed by atoms with Crippen LogP contribution >= 0.6 is 0 Å². The maximum atomic E-state index is 12.5. The molecule has 1 aromatic rings. The number of nitrogens with one attached hydrogen (secondary N) is 1. The smallest absolute Gasteiger partial charge is 0.237 e. The molecule has 0 bridgehead atoms. The molecular formula is C19H30N4O. The number of pyridine rings is 1. The van der Waals surface area contributed by atoms with E-state index in [0.29, 0.717) is 18.6 Å². The molecule has 2 fully saturated rings. The van der Waals surface area contributed by atoms with E-state index in [-0.39, 0.29) is 11.9 Å². The summed E-state index contributed by atoms with van der Waals surface area (Å²) in [5.74, 6) is 1.16. The Kier molecular flexibility index (Phi) is 5.39. The van der Waals surface area contributed by atoms with Gasteiger partial charge in [0.1, 0.15) is 5.82 Å². The number of aromatic nitrogens is 1. The third-order valence-corrected chi connectivity index (χ3v) is 5.55. The predicted octanol–water partition coefficient (Wildman–Crippen LogP) is 2.56. The van der Waals surface area contributed by atoms with Crippen LogP contribution in [0.1, 0.15) is 52.0 Å². The van der Waals surface area contributed by atoms with Gasteiger partial charge in [0.25, 0.3) is 0 Å². The summed E-state index contributed by atoms with van der Waals surface area (Å²) in [6.45, 7) is 9.21. The Hall–Kier alpha value is -1.62. The van der Waals surface area contributed by atoms with Crippen LogP contribution in [0.15, 0.2) is 18.3 Å². The molecule has 1 amide bonds. The van der Waals surface area contributed by atoms with Gasteiger partial charge in [0.05, 0.1) is 6.04 Å². The van der Waals surface area contributed by atoms with Crippen molar-refractivity contribution < 1.29 is 4.79 Å². The van der Waals surface area contributed by atoms with Crippen LogP contribution in [0.3, 0.4) is 0 Å². The first kappa shape index (κ1) is 17.2. The van der Waals surface area contributed by atoms with Crippen molar-refractivity contribution in [3.05, 3.63) is 23.9 Å². The molecule has 5 heteroatoms. The molecule has 2 aliphatic heterocycles. The van der Waals surface area contributed by atoms with E-state index < -0.39 is 0 Å². The number of hydrogen-bond donors (Lipinski definition) is 1. The summed E-state index contributed by atoms with van der Waals surface area (Å²) < 4.78 is 0. The SMILES string of the molecule is CC1CCC(C)N1C(C)C(=O)NCc1ccc(N2CCCC2)nc1. The van der Waals surface area contributed by atoms with Crippen molar-refractivity contribution in [2.45, 2.75) is 71.1 Å². The highest BCUT2D eigenvalue weighted by Gasteiger charge is 2.34. The molecule has 2 aliphatic rings. The summed E-state index contributed by atoms with van der Waals surface area (Å²) in [6, 6.07) is 5.05. The predicted molar refractivity (Wildman–Crippen MR) is 97.0 cm³/mol. The van der Waals surface area contributed by atoms with Crippen molar-refractivity contribution in [1.29, 1.82) is 0 Å². The third-order valence-electron chi connectivity index (χ3n) is 5.55. The topological polar surface area (TPSA) is 48.5 Å². The lowest BCUT2D eigenvalue weighted by Crippen LogP contribution is -2.48. The quantitative estimate of drug-likeness (QED) is 0.901. The maximum absolute atomic E-state index is 12.5. The highest BCUT2D eigenvalue weighted by Crippen LogP contribution is 2.26. The van der Waals surface area contributed by atoms with Gasteiger partial charge in [-0.15, -0.1) is 0 Å². The zero-order valence-electron chi connectivity index (χ0n) is 15.2. The summed E-state index contributed by atoms with van der Waals surface area (Å²) >= 11 is 0. The average molecular weight is 330 g/mol. The summed E-state index contributed by atoms with van der Waals surface area (Å²) in [5.41, 5.74) is 1.06. The van der Waals surface area contributed by atoms with E-state index in [1.54, 1.807) is 0 Å². The molecule has 0 aliphatic carbocycles. The van der Waals surface area contributed by atoms with Crippen molar-refractivity contribution in [2.24, 2.45) is 0 Å². The number of hydrogen-bond acceptors (Lipinski definition) is 4. The molecule has 3 heterocycles. The first-order valence-corrected chi connectivity index (χ1v) is 9.31. The van der Waals surface area contributed by atoms with Gasteiger partial charge >= 0.3 is 0 Å². The van der Waals surface area contributed by atoms with Crippen molar-refractivity contribution in [2.75, 3.05) is 18.0 Å². The standard InChI is InChI=1S/C19H30N4O/c1-14-6-7-15(2)23(14)16(3)19(24)21-13-17-8-9-18(20-12-17)22-10-4-5-11-22/h8-9,12,14-16H,4-7,10-11,13H2,1-3H3,(H,21,24). The highest BCUT2D eigenvalue weighted by molar-refractivity contribution is 5.81. The van der Waals surface area contributed by atoms with Crippen LogP contribution in [0.25, 0.3) is 0 Å². The number of nitrogens with zero attached hydrogens (tertiary/aromatic N) is 3. The van der Waals surface area contributed by atoms with Gasteiger partial charge in [-0.3, -0.25) is 9.69 Å². The number of anilines is 1. The Morgan fingerprint density at radius 1 is 1.25 bits per heavy atom. The van der Waals surface area contributed by atoms with E-state index >= 15 is 0 Å². The normalized spacial score (nSPS) is 25.9. The molecule has 132 valence electrons. The number of amides is 1. The molecule has 24 heavy (non-hydrogen) atoms. The second kappa shape index (κ2) is 7.51. The van der Waals surface area contributed by atoms with Gasteiger partial charge in [0, 0.05) is 37.9 Å². The van der Waals surface area contributed by atoms with E-state index in [1.807, 2.05) is 13.1 Å². The van der Waals surface area contributed by atoms with Crippen LogP contribution in [-0.2, 0) is 11.3 Å². The fourth-order valence-electron chi connectivity index (χ4n) is 4.11. The second-order valence-electron chi connectivity index (χ2n) is 7.34. The van der Waals surface area contributed by atoms with Gasteiger partial charge in [0.15, 0.2) is 0 Å². The van der Waals surface area contributed by atoms with Crippen LogP contribution in [-0.4, -0.2) is 47.0 Å². The van der Waals surface area contributed by atoms with E-state index in [2.05, 4.69) is 46.1 Å². The van der Waals surface area contributed by atoms with Gasteiger partial charge in [-0.05, 0) is 58.1 Å². The van der Waals surface area contributed by atoms with Crippen LogP contribution in [0.5, 0.6) is 0 Å². The molecule has 5 nitrogen and oxygen atoms in total. The monoisotopic (exact) mass is 330 g/mol. The zero-order chi connectivity index (χ0) is 17.1. The second-order valence-corrected chi connectivity index (χ2v) is 7.34. The molecule has 0 radical (unpaired) electrons. The van der Waals surface area contributed by atoms with Crippen molar-refractivity contribution in [3.8, 4) is 0 Å². The minimum absolute atomic E-state index is 0.0747. The number of likely N-dealkylation sites (tertiary alicyclic amines) is 1. The van der Waals surface area contributed by atoms with Crippen molar-refractivity contribution in [1.82, 2.24) is 15.2 Å². The number of carbonyl (C=O) groups is 1. The summed E-state index contributed by atoms with van der Waals surface area (Å²) in [6.07, 6.45) is 6.76. The Balaban J connectivity index is 1.52. The zero-order valence-corrected chi connectivity index (χ0v) is 15.2. The molecule has 3 rings (SSSR count). The Morgan fingerprint density at radius 3 is 2.50 bits per heavy atom. The van der Waals surface area contributed by atoms with Crippen LogP contribution < -0.4 is 10.2 Å². The van der Waals surface area contributed by atoms with Crippen LogP contribution in [0.2, 0.25) is 0 Å². The van der Waals surface area contributed by atoms with E-state index in [9.17, 15) is 4.79 Å². The number of rotatable bonds is 5. The molecule has 1 N–H and O–H groups in total. The maximum Gasteiger partial charge on any atom is 0.237 e. The fraction of sp³-hybridized carbons (Fsp3) is 0.684. The first-order chi connectivity index (χ1) is 11.6. The molecule has 0 saturated carbocycles. The summed E-state index contributed by atoms with van der Waals surface area (Å²) in [5, 5.41) is 3.07. The van der Waals surface area contributed by atoms with Gasteiger partial charge < -0.3 is 10.2 Å². The minimum Gasteiger partial charge on any atom is -0.357 e. The largest absolute Gasteiger partial charge is 0.357 e. The highest BCUT2D eigenvalue weighted by atomic mass is 16.2. The number of carbonyl (C=O) groups excluding carboxylic acids is 1. The summed E-state index contributed by atoms with van der Waals surface area (Å²) in [4.78, 5) is 21.7. The van der Waals surface area contributed by atoms with Gasteiger partial charge in [-0.2, -0.15) is 0 Å². The van der Waals surface area contributed by atoms with Crippen molar-refractivity contribution >= 4 is 11.7 Å². The fourth-order valence-corrected chi connectivity index (χ4v) is 4.11. The van der Waals surface area contributed by atoms with Crippen molar-refractivity contribution in [3.63, 3.8) is 0 Å².